The summed E-state index contributed by atoms with van der Waals surface area (Å²) in [5.74, 6) is 0. The summed E-state index contributed by atoms with van der Waals surface area (Å²) in [6.45, 7) is 2.06. The largest absolute Gasteiger partial charge is 0.353 e. The third-order valence-electron chi connectivity index (χ3n) is 2.31. The van der Waals surface area contributed by atoms with Crippen molar-refractivity contribution in [2.24, 2.45) is 5.73 Å². The van der Waals surface area contributed by atoms with Crippen LogP contribution in [-0.4, -0.2) is 4.98 Å². The van der Waals surface area contributed by atoms with Gasteiger partial charge in [-0.25, -0.2) is 0 Å². The Bertz CT molecular complexity index is 286. The van der Waals surface area contributed by atoms with E-state index < -0.39 is 0 Å². The molecule has 1 aromatic rings. The summed E-state index contributed by atoms with van der Waals surface area (Å²) in [6, 6.07) is 2.09. The van der Waals surface area contributed by atoms with Crippen LogP contribution in [0.25, 0.3) is 0 Å². The summed E-state index contributed by atoms with van der Waals surface area (Å²) in [5, 5.41) is 0. The number of hydrogen-bond acceptors (Lipinski definition) is 1. The monoisotopic (exact) mass is 214 g/mol. The van der Waals surface area contributed by atoms with Crippen molar-refractivity contribution < 1.29 is 0 Å². The molecule has 0 atom stereocenters. The van der Waals surface area contributed by atoms with Crippen molar-refractivity contribution in [2.75, 3.05) is 0 Å². The van der Waals surface area contributed by atoms with Gasteiger partial charge in [-0.05, 0) is 47.3 Å². The molecule has 2 rings (SSSR count). The molecule has 1 aromatic heterocycles. The molecule has 0 aliphatic heterocycles. The fraction of sp³-hybridized carbons (Fsp3) is 0.500. The van der Waals surface area contributed by atoms with E-state index in [1.807, 2.05) is 0 Å². The van der Waals surface area contributed by atoms with Crippen molar-refractivity contribution in [3.05, 3.63) is 21.9 Å². The minimum absolute atomic E-state index is 0.00734. The third-order valence-corrected chi connectivity index (χ3v) is 2.73. The molecule has 0 radical (unpaired) electrons. The van der Waals surface area contributed by atoms with Crippen molar-refractivity contribution >= 4 is 15.9 Å². The molecule has 1 fully saturated rings. The summed E-state index contributed by atoms with van der Waals surface area (Å²) in [5.41, 5.74) is 8.49. The molecule has 1 heterocycles. The number of aryl methyl sites for hydroxylation is 1. The summed E-state index contributed by atoms with van der Waals surface area (Å²) < 4.78 is 1.03. The zero-order valence-corrected chi connectivity index (χ0v) is 8.03. The second kappa shape index (κ2) is 2.11. The van der Waals surface area contributed by atoms with Gasteiger partial charge < -0.3 is 10.7 Å². The van der Waals surface area contributed by atoms with Gasteiger partial charge in [-0.1, -0.05) is 0 Å². The van der Waals surface area contributed by atoms with Crippen LogP contribution in [0.1, 0.15) is 24.1 Å². The quantitative estimate of drug-likeness (QED) is 0.739. The van der Waals surface area contributed by atoms with Gasteiger partial charge in [0.05, 0.1) is 4.60 Å². The van der Waals surface area contributed by atoms with E-state index in [-0.39, 0.29) is 5.54 Å². The average molecular weight is 215 g/mol. The Hall–Kier alpha value is -0.280. The Kier molecular flexibility index (Phi) is 1.41. The van der Waals surface area contributed by atoms with Gasteiger partial charge >= 0.3 is 0 Å². The zero-order valence-electron chi connectivity index (χ0n) is 6.45. The van der Waals surface area contributed by atoms with E-state index >= 15 is 0 Å². The molecular formula is C8H11BrN2. The Morgan fingerprint density at radius 2 is 2.27 bits per heavy atom. The highest BCUT2D eigenvalue weighted by Gasteiger charge is 2.41. The number of aromatic nitrogens is 1. The third kappa shape index (κ3) is 1.12. The molecule has 0 unspecified atom stereocenters. The minimum atomic E-state index is -0.00734. The first-order valence-corrected chi connectivity index (χ1v) is 4.56. The van der Waals surface area contributed by atoms with E-state index in [4.69, 9.17) is 5.73 Å². The molecular weight excluding hydrogens is 204 g/mol. The Labute approximate surface area is 74.3 Å². The van der Waals surface area contributed by atoms with Crippen molar-refractivity contribution in [1.29, 1.82) is 0 Å². The lowest BCUT2D eigenvalue weighted by atomic mass is 10.1. The highest BCUT2D eigenvalue weighted by atomic mass is 79.9. The maximum atomic E-state index is 6.04. The molecule has 2 nitrogen and oxygen atoms in total. The van der Waals surface area contributed by atoms with E-state index in [0.29, 0.717) is 0 Å². The van der Waals surface area contributed by atoms with Crippen molar-refractivity contribution in [3.8, 4) is 0 Å². The number of nitrogens with one attached hydrogen (secondary N) is 1. The SMILES string of the molecule is Cc1[nH]c(Br)cc1C1(N)CC1. The van der Waals surface area contributed by atoms with Gasteiger partial charge in [0.15, 0.2) is 0 Å². The normalized spacial score (nSPS) is 20.3. The van der Waals surface area contributed by atoms with E-state index in [1.54, 1.807) is 0 Å². The van der Waals surface area contributed by atoms with E-state index in [0.717, 1.165) is 17.4 Å². The first-order valence-electron chi connectivity index (χ1n) is 3.76. The van der Waals surface area contributed by atoms with Crippen LogP contribution in [0.2, 0.25) is 0 Å². The molecule has 0 aromatic carbocycles. The second-order valence-electron chi connectivity index (χ2n) is 3.31. The Morgan fingerprint density at radius 1 is 1.64 bits per heavy atom. The lowest BCUT2D eigenvalue weighted by molar-refractivity contribution is 0.734. The second-order valence-corrected chi connectivity index (χ2v) is 4.17. The highest BCUT2D eigenvalue weighted by molar-refractivity contribution is 9.10. The molecule has 0 spiro atoms. The summed E-state index contributed by atoms with van der Waals surface area (Å²) >= 11 is 3.39. The Balaban J connectivity index is 2.44. The number of nitrogens with two attached hydrogens (primary N) is 1. The van der Waals surface area contributed by atoms with Gasteiger partial charge in [0.1, 0.15) is 0 Å². The maximum absolute atomic E-state index is 6.04. The lowest BCUT2D eigenvalue weighted by Gasteiger charge is -2.06. The van der Waals surface area contributed by atoms with Crippen LogP contribution in [0.3, 0.4) is 0 Å². The van der Waals surface area contributed by atoms with Gasteiger partial charge in [-0.2, -0.15) is 0 Å². The molecule has 3 N–H and O–H groups in total. The smallest absolute Gasteiger partial charge is 0.0825 e. The van der Waals surface area contributed by atoms with Crippen LogP contribution in [0, 0.1) is 6.92 Å². The number of hydrogen-bond donors (Lipinski definition) is 2. The molecule has 11 heavy (non-hydrogen) atoms. The number of H-pyrrole nitrogens is 1. The minimum Gasteiger partial charge on any atom is -0.353 e. The summed E-state index contributed by atoms with van der Waals surface area (Å²) in [6.07, 6.45) is 2.25. The molecule has 1 aliphatic carbocycles. The van der Waals surface area contributed by atoms with Crippen LogP contribution < -0.4 is 5.73 Å². The summed E-state index contributed by atoms with van der Waals surface area (Å²) in [4.78, 5) is 3.19. The number of halogens is 1. The summed E-state index contributed by atoms with van der Waals surface area (Å²) in [7, 11) is 0. The topological polar surface area (TPSA) is 41.8 Å². The standard InChI is InChI=1S/C8H11BrN2/c1-5-6(4-7(9)11-5)8(10)2-3-8/h4,11H,2-3,10H2,1H3. The fourth-order valence-electron chi connectivity index (χ4n) is 1.44. The van der Waals surface area contributed by atoms with Crippen LogP contribution in [-0.2, 0) is 5.54 Å². The maximum Gasteiger partial charge on any atom is 0.0825 e. The van der Waals surface area contributed by atoms with E-state index in [2.05, 4.69) is 33.9 Å². The molecule has 0 saturated heterocycles. The first-order chi connectivity index (χ1) is 5.12. The average Bonchev–Trinajstić information content (AvgIpc) is 2.55. The van der Waals surface area contributed by atoms with Gasteiger partial charge in [-0.3, -0.25) is 0 Å². The van der Waals surface area contributed by atoms with Crippen LogP contribution in [0.5, 0.6) is 0 Å². The van der Waals surface area contributed by atoms with Crippen molar-refractivity contribution in [2.45, 2.75) is 25.3 Å². The molecule has 1 aliphatic rings. The predicted molar refractivity (Wildman–Crippen MR) is 48.3 cm³/mol. The molecule has 1 saturated carbocycles. The lowest BCUT2D eigenvalue weighted by Crippen LogP contribution is -2.18. The van der Waals surface area contributed by atoms with Gasteiger partial charge in [0.25, 0.3) is 0 Å². The predicted octanol–water partition coefficient (Wildman–Crippen LogP) is 2.03. The van der Waals surface area contributed by atoms with Crippen molar-refractivity contribution in [1.82, 2.24) is 4.98 Å². The molecule has 0 amide bonds. The molecule has 0 bridgehead atoms. The van der Waals surface area contributed by atoms with E-state index in [9.17, 15) is 0 Å². The number of aromatic amines is 1. The zero-order chi connectivity index (χ0) is 8.06. The first kappa shape index (κ1) is 7.37. The highest BCUT2D eigenvalue weighted by Crippen LogP contribution is 2.44. The van der Waals surface area contributed by atoms with Crippen molar-refractivity contribution in [3.63, 3.8) is 0 Å². The Morgan fingerprint density at radius 3 is 2.64 bits per heavy atom. The van der Waals surface area contributed by atoms with Crippen LogP contribution in [0.4, 0.5) is 0 Å². The molecule has 3 heteroatoms. The van der Waals surface area contributed by atoms with E-state index in [1.165, 1.54) is 11.3 Å². The number of rotatable bonds is 1. The van der Waals surface area contributed by atoms with Crippen LogP contribution >= 0.6 is 15.9 Å². The fourth-order valence-corrected chi connectivity index (χ4v) is 1.96. The van der Waals surface area contributed by atoms with Gasteiger partial charge in [-0.15, -0.1) is 0 Å². The molecule has 60 valence electrons. The van der Waals surface area contributed by atoms with Crippen LogP contribution in [0.15, 0.2) is 10.7 Å². The van der Waals surface area contributed by atoms with Gasteiger partial charge in [0, 0.05) is 11.2 Å². The van der Waals surface area contributed by atoms with Gasteiger partial charge in [0.2, 0.25) is 0 Å².